The van der Waals surface area contributed by atoms with Gasteiger partial charge in [-0.2, -0.15) is 0 Å². The van der Waals surface area contributed by atoms with Gasteiger partial charge in [0.1, 0.15) is 5.75 Å². The molecule has 22 heavy (non-hydrogen) atoms. The molecule has 2 aromatic rings. The topological polar surface area (TPSA) is 38.3 Å². The monoisotopic (exact) mass is 317 g/mol. The molecule has 0 heterocycles. The lowest BCUT2D eigenvalue weighted by Gasteiger charge is -2.12. The van der Waals surface area contributed by atoms with Gasteiger partial charge >= 0.3 is 0 Å². The van der Waals surface area contributed by atoms with Crippen LogP contribution < -0.4 is 10.1 Å². The van der Waals surface area contributed by atoms with E-state index in [0.717, 1.165) is 16.7 Å². The van der Waals surface area contributed by atoms with Gasteiger partial charge in [-0.1, -0.05) is 23.7 Å². The fourth-order valence-corrected chi connectivity index (χ4v) is 2.57. The minimum Gasteiger partial charge on any atom is -0.484 e. The SMILES string of the molecule is Cc1cc(C)c(NC(=O)COc2ccc(C)c(C)c2)c(Cl)c1. The van der Waals surface area contributed by atoms with Crippen molar-refractivity contribution in [1.82, 2.24) is 0 Å². The molecular weight excluding hydrogens is 298 g/mol. The van der Waals surface area contributed by atoms with Gasteiger partial charge in [-0.3, -0.25) is 4.79 Å². The van der Waals surface area contributed by atoms with E-state index in [9.17, 15) is 4.79 Å². The van der Waals surface area contributed by atoms with Crippen LogP contribution in [0.2, 0.25) is 5.02 Å². The van der Waals surface area contributed by atoms with E-state index < -0.39 is 0 Å². The molecule has 1 amide bonds. The lowest BCUT2D eigenvalue weighted by molar-refractivity contribution is -0.118. The van der Waals surface area contributed by atoms with Gasteiger partial charge in [0.2, 0.25) is 0 Å². The van der Waals surface area contributed by atoms with Crippen molar-refractivity contribution in [3.05, 3.63) is 57.6 Å². The van der Waals surface area contributed by atoms with Crippen LogP contribution in [0.1, 0.15) is 22.3 Å². The highest BCUT2D eigenvalue weighted by Crippen LogP contribution is 2.27. The van der Waals surface area contributed by atoms with Gasteiger partial charge in [-0.15, -0.1) is 0 Å². The van der Waals surface area contributed by atoms with Gasteiger partial charge in [0.05, 0.1) is 10.7 Å². The number of carbonyl (C=O) groups excluding carboxylic acids is 1. The number of rotatable bonds is 4. The Bertz CT molecular complexity index is 687. The summed E-state index contributed by atoms with van der Waals surface area (Å²) in [7, 11) is 0. The van der Waals surface area contributed by atoms with Gasteiger partial charge in [0.25, 0.3) is 5.91 Å². The zero-order valence-electron chi connectivity index (χ0n) is 13.3. The molecule has 0 radical (unpaired) electrons. The van der Waals surface area contributed by atoms with E-state index >= 15 is 0 Å². The highest BCUT2D eigenvalue weighted by Gasteiger charge is 2.10. The third-order valence-electron chi connectivity index (χ3n) is 3.54. The molecule has 0 aromatic heterocycles. The van der Waals surface area contributed by atoms with Crippen molar-refractivity contribution in [3.8, 4) is 5.75 Å². The first-order chi connectivity index (χ1) is 10.4. The van der Waals surface area contributed by atoms with E-state index in [-0.39, 0.29) is 12.5 Å². The summed E-state index contributed by atoms with van der Waals surface area (Å²) in [6.07, 6.45) is 0. The first kappa shape index (κ1) is 16.4. The number of anilines is 1. The Kier molecular flexibility index (Phi) is 5.09. The molecule has 0 saturated carbocycles. The van der Waals surface area contributed by atoms with E-state index in [1.54, 1.807) is 0 Å². The third-order valence-corrected chi connectivity index (χ3v) is 3.84. The molecule has 0 aliphatic heterocycles. The highest BCUT2D eigenvalue weighted by molar-refractivity contribution is 6.34. The molecule has 116 valence electrons. The van der Waals surface area contributed by atoms with E-state index in [2.05, 4.69) is 5.32 Å². The minimum absolute atomic E-state index is 0.0495. The van der Waals surface area contributed by atoms with Crippen LogP contribution >= 0.6 is 11.6 Å². The molecule has 0 unspecified atom stereocenters. The molecule has 4 heteroatoms. The number of hydrogen-bond acceptors (Lipinski definition) is 2. The summed E-state index contributed by atoms with van der Waals surface area (Å²) in [5.74, 6) is 0.456. The number of benzene rings is 2. The lowest BCUT2D eigenvalue weighted by Crippen LogP contribution is -2.21. The second-order valence-electron chi connectivity index (χ2n) is 5.52. The standard InChI is InChI=1S/C18H20ClNO2/c1-11-7-14(4)18(16(19)8-11)20-17(21)10-22-15-6-5-12(2)13(3)9-15/h5-9H,10H2,1-4H3,(H,20,21). The Morgan fingerprint density at radius 3 is 2.41 bits per heavy atom. The summed E-state index contributed by atoms with van der Waals surface area (Å²) < 4.78 is 5.52. The average molecular weight is 318 g/mol. The Balaban J connectivity index is 2.00. The fraction of sp³-hybridized carbons (Fsp3) is 0.278. The van der Waals surface area contributed by atoms with Crippen molar-refractivity contribution >= 4 is 23.2 Å². The largest absolute Gasteiger partial charge is 0.484 e. The van der Waals surface area contributed by atoms with Gasteiger partial charge in [-0.05, 0) is 68.1 Å². The Morgan fingerprint density at radius 2 is 1.77 bits per heavy atom. The highest BCUT2D eigenvalue weighted by atomic mass is 35.5. The number of aryl methyl sites for hydroxylation is 4. The van der Waals surface area contributed by atoms with E-state index in [0.29, 0.717) is 16.5 Å². The summed E-state index contributed by atoms with van der Waals surface area (Å²) >= 11 is 6.18. The summed E-state index contributed by atoms with van der Waals surface area (Å²) in [6, 6.07) is 9.57. The molecule has 0 aliphatic carbocycles. The van der Waals surface area contributed by atoms with Crippen LogP contribution in [-0.2, 0) is 4.79 Å². The van der Waals surface area contributed by atoms with E-state index in [1.165, 1.54) is 5.56 Å². The molecule has 0 saturated heterocycles. The number of carbonyl (C=O) groups is 1. The molecule has 3 nitrogen and oxygen atoms in total. The molecule has 0 aliphatic rings. The van der Waals surface area contributed by atoms with Crippen LogP contribution in [0.4, 0.5) is 5.69 Å². The lowest BCUT2D eigenvalue weighted by atomic mass is 10.1. The van der Waals surface area contributed by atoms with Gasteiger partial charge in [0.15, 0.2) is 6.61 Å². The summed E-state index contributed by atoms with van der Waals surface area (Å²) in [6.45, 7) is 7.88. The number of halogens is 1. The first-order valence-corrected chi connectivity index (χ1v) is 7.51. The van der Waals surface area contributed by atoms with E-state index in [1.807, 2.05) is 58.0 Å². The Labute approximate surface area is 136 Å². The minimum atomic E-state index is -0.230. The van der Waals surface area contributed by atoms with Crippen LogP contribution in [0.5, 0.6) is 5.75 Å². The van der Waals surface area contributed by atoms with Crippen LogP contribution in [0, 0.1) is 27.7 Å². The van der Waals surface area contributed by atoms with Crippen molar-refractivity contribution in [1.29, 1.82) is 0 Å². The quantitative estimate of drug-likeness (QED) is 0.895. The van der Waals surface area contributed by atoms with E-state index in [4.69, 9.17) is 16.3 Å². The van der Waals surface area contributed by atoms with Gasteiger partial charge < -0.3 is 10.1 Å². The third kappa shape index (κ3) is 4.01. The van der Waals surface area contributed by atoms with Crippen molar-refractivity contribution < 1.29 is 9.53 Å². The molecular formula is C18H20ClNO2. The molecule has 0 spiro atoms. The van der Waals surface area contributed by atoms with Gasteiger partial charge in [0, 0.05) is 0 Å². The van der Waals surface area contributed by atoms with Crippen molar-refractivity contribution in [2.45, 2.75) is 27.7 Å². The van der Waals surface area contributed by atoms with Crippen LogP contribution in [0.15, 0.2) is 30.3 Å². The van der Waals surface area contributed by atoms with Crippen LogP contribution in [0.25, 0.3) is 0 Å². The van der Waals surface area contributed by atoms with Crippen LogP contribution in [-0.4, -0.2) is 12.5 Å². The number of ether oxygens (including phenoxy) is 1. The number of nitrogens with one attached hydrogen (secondary N) is 1. The molecule has 0 fully saturated rings. The van der Waals surface area contributed by atoms with Crippen molar-refractivity contribution in [3.63, 3.8) is 0 Å². The maximum atomic E-state index is 12.0. The second kappa shape index (κ2) is 6.84. The maximum Gasteiger partial charge on any atom is 0.262 e. The predicted molar refractivity (Wildman–Crippen MR) is 91.0 cm³/mol. The van der Waals surface area contributed by atoms with Crippen molar-refractivity contribution in [2.75, 3.05) is 11.9 Å². The Morgan fingerprint density at radius 1 is 1.05 bits per heavy atom. The number of amides is 1. The summed E-state index contributed by atoms with van der Waals surface area (Å²) in [4.78, 5) is 12.0. The predicted octanol–water partition coefficient (Wildman–Crippen LogP) is 4.59. The second-order valence-corrected chi connectivity index (χ2v) is 5.93. The normalized spacial score (nSPS) is 10.4. The first-order valence-electron chi connectivity index (χ1n) is 7.13. The molecule has 1 N–H and O–H groups in total. The van der Waals surface area contributed by atoms with Crippen molar-refractivity contribution in [2.24, 2.45) is 0 Å². The molecule has 2 rings (SSSR count). The summed E-state index contributed by atoms with van der Waals surface area (Å²) in [5.41, 5.74) is 4.96. The van der Waals surface area contributed by atoms with Gasteiger partial charge in [-0.25, -0.2) is 0 Å². The maximum absolute atomic E-state index is 12.0. The average Bonchev–Trinajstić information content (AvgIpc) is 2.44. The summed E-state index contributed by atoms with van der Waals surface area (Å²) in [5, 5.41) is 3.34. The number of hydrogen-bond donors (Lipinski definition) is 1. The zero-order valence-corrected chi connectivity index (χ0v) is 14.0. The fourth-order valence-electron chi connectivity index (χ4n) is 2.20. The smallest absolute Gasteiger partial charge is 0.262 e. The Hall–Kier alpha value is -2.00. The van der Waals surface area contributed by atoms with Crippen LogP contribution in [0.3, 0.4) is 0 Å². The zero-order chi connectivity index (χ0) is 16.3. The molecule has 0 bridgehead atoms. The molecule has 2 aromatic carbocycles. The molecule has 0 atom stereocenters.